The number of aromatic nitrogens is 2. The van der Waals surface area contributed by atoms with Gasteiger partial charge in [-0.2, -0.15) is 4.98 Å². The highest BCUT2D eigenvalue weighted by Crippen LogP contribution is 2.19. The molecule has 0 aliphatic rings. The van der Waals surface area contributed by atoms with E-state index in [-0.39, 0.29) is 5.82 Å². The van der Waals surface area contributed by atoms with Crippen molar-refractivity contribution < 1.29 is 0 Å². The normalized spacial score (nSPS) is 10.2. The third kappa shape index (κ3) is 2.24. The van der Waals surface area contributed by atoms with Crippen molar-refractivity contribution >= 4 is 21.7 Å². The second-order valence-corrected chi connectivity index (χ2v) is 3.95. The summed E-state index contributed by atoms with van der Waals surface area (Å²) in [6.07, 6.45) is 0. The van der Waals surface area contributed by atoms with E-state index in [2.05, 4.69) is 25.9 Å². The molecule has 3 N–H and O–H groups in total. The number of nitrogen functional groups attached to an aromatic ring is 1. The minimum Gasteiger partial charge on any atom is -0.383 e. The van der Waals surface area contributed by atoms with Crippen molar-refractivity contribution in [3.05, 3.63) is 45.3 Å². The lowest BCUT2D eigenvalue weighted by molar-refractivity contribution is 1.09. The summed E-state index contributed by atoms with van der Waals surface area (Å²) in [5, 5.41) is 0. The molecule has 2 aromatic rings. The van der Waals surface area contributed by atoms with Crippen LogP contribution in [0, 0.1) is 0 Å². The predicted molar refractivity (Wildman–Crippen MR) is 62.4 cm³/mol. The topological polar surface area (TPSA) is 71.8 Å². The number of nitrogens with one attached hydrogen (secondary N) is 1. The van der Waals surface area contributed by atoms with Crippen LogP contribution < -0.4 is 11.4 Å². The maximum absolute atomic E-state index is 11.1. The van der Waals surface area contributed by atoms with E-state index in [9.17, 15) is 4.79 Å². The van der Waals surface area contributed by atoms with Gasteiger partial charge in [-0.25, -0.2) is 4.79 Å². The smallest absolute Gasteiger partial charge is 0.347 e. The summed E-state index contributed by atoms with van der Waals surface area (Å²) < 4.78 is 0.982. The predicted octanol–water partition coefficient (Wildman–Crippen LogP) is 1.78. The molecule has 0 fully saturated rings. The number of rotatable bonds is 1. The van der Waals surface area contributed by atoms with Gasteiger partial charge in [-0.15, -0.1) is 0 Å². The lowest BCUT2D eigenvalue weighted by Crippen LogP contribution is -2.12. The van der Waals surface area contributed by atoms with Crippen LogP contribution in [0.25, 0.3) is 11.3 Å². The number of anilines is 1. The molecule has 1 heterocycles. The van der Waals surface area contributed by atoms with Crippen LogP contribution in [0.3, 0.4) is 0 Å². The van der Waals surface area contributed by atoms with E-state index in [1.807, 2.05) is 24.3 Å². The number of benzene rings is 1. The van der Waals surface area contributed by atoms with Crippen LogP contribution >= 0.6 is 15.9 Å². The first-order chi connectivity index (χ1) is 7.15. The molecule has 0 bridgehead atoms. The number of nitrogens with zero attached hydrogens (tertiary/aromatic N) is 1. The van der Waals surface area contributed by atoms with Crippen molar-refractivity contribution in [3.8, 4) is 11.3 Å². The van der Waals surface area contributed by atoms with Crippen LogP contribution in [-0.4, -0.2) is 9.97 Å². The maximum Gasteiger partial charge on any atom is 0.347 e. The average Bonchev–Trinajstić information content (AvgIpc) is 2.17. The zero-order chi connectivity index (χ0) is 10.8. The maximum atomic E-state index is 11.1. The van der Waals surface area contributed by atoms with Crippen molar-refractivity contribution in [2.24, 2.45) is 0 Å². The van der Waals surface area contributed by atoms with Gasteiger partial charge in [0, 0.05) is 10.5 Å². The Hall–Kier alpha value is -1.62. The Bertz CT molecular complexity index is 533. The van der Waals surface area contributed by atoms with E-state index in [4.69, 9.17) is 5.73 Å². The van der Waals surface area contributed by atoms with E-state index in [1.165, 1.54) is 0 Å². The summed E-state index contributed by atoms with van der Waals surface area (Å²) in [5.74, 6) is 0.219. The van der Waals surface area contributed by atoms with Crippen LogP contribution in [0.15, 0.2) is 39.6 Å². The summed E-state index contributed by atoms with van der Waals surface area (Å²) >= 11 is 3.34. The van der Waals surface area contributed by atoms with Crippen LogP contribution in [0.5, 0.6) is 0 Å². The lowest BCUT2D eigenvalue weighted by atomic mass is 10.1. The molecule has 0 unspecified atom stereocenters. The molecule has 0 spiro atoms. The Kier molecular flexibility index (Phi) is 2.55. The standard InChI is InChI=1S/C10H8BrN3O/c11-7-3-1-6(2-4-7)8-5-9(12)14-10(15)13-8/h1-5H,(H3,12,13,14,15). The van der Waals surface area contributed by atoms with Crippen molar-refractivity contribution in [1.29, 1.82) is 0 Å². The van der Waals surface area contributed by atoms with E-state index in [0.29, 0.717) is 5.69 Å². The molecule has 4 nitrogen and oxygen atoms in total. The SMILES string of the molecule is Nc1cc(-c2ccc(Br)cc2)[nH]c(=O)n1. The Labute approximate surface area is 94.3 Å². The summed E-state index contributed by atoms with van der Waals surface area (Å²) in [7, 11) is 0. The number of H-pyrrole nitrogens is 1. The monoisotopic (exact) mass is 265 g/mol. The van der Waals surface area contributed by atoms with Crippen molar-refractivity contribution in [2.75, 3.05) is 5.73 Å². The summed E-state index contributed by atoms with van der Waals surface area (Å²) in [5.41, 5.74) is 6.61. The first-order valence-corrected chi connectivity index (χ1v) is 5.07. The molecule has 5 heteroatoms. The highest BCUT2D eigenvalue weighted by molar-refractivity contribution is 9.10. The van der Waals surface area contributed by atoms with Gasteiger partial charge in [0.2, 0.25) is 0 Å². The van der Waals surface area contributed by atoms with Crippen molar-refractivity contribution in [3.63, 3.8) is 0 Å². The fraction of sp³-hybridized carbons (Fsp3) is 0. The molecule has 0 radical (unpaired) electrons. The van der Waals surface area contributed by atoms with Gasteiger partial charge in [0.15, 0.2) is 0 Å². The van der Waals surface area contributed by atoms with Gasteiger partial charge >= 0.3 is 5.69 Å². The van der Waals surface area contributed by atoms with Gasteiger partial charge in [-0.05, 0) is 17.7 Å². The van der Waals surface area contributed by atoms with E-state index in [0.717, 1.165) is 10.0 Å². The van der Waals surface area contributed by atoms with Crippen LogP contribution in [0.4, 0.5) is 5.82 Å². The zero-order valence-corrected chi connectivity index (χ0v) is 9.28. The highest BCUT2D eigenvalue weighted by atomic mass is 79.9. The Balaban J connectivity index is 2.54. The molecule has 76 valence electrons. The van der Waals surface area contributed by atoms with Gasteiger partial charge < -0.3 is 10.7 Å². The number of aromatic amines is 1. The second-order valence-electron chi connectivity index (χ2n) is 3.03. The Morgan fingerprint density at radius 2 is 1.93 bits per heavy atom. The van der Waals surface area contributed by atoms with E-state index in [1.54, 1.807) is 6.07 Å². The van der Waals surface area contributed by atoms with Crippen molar-refractivity contribution in [1.82, 2.24) is 9.97 Å². The average molecular weight is 266 g/mol. The number of hydrogen-bond donors (Lipinski definition) is 2. The minimum absolute atomic E-state index is 0.219. The molecular formula is C10H8BrN3O. The first-order valence-electron chi connectivity index (χ1n) is 4.28. The molecule has 0 amide bonds. The fourth-order valence-electron chi connectivity index (χ4n) is 1.26. The zero-order valence-electron chi connectivity index (χ0n) is 7.70. The Morgan fingerprint density at radius 1 is 1.27 bits per heavy atom. The first kappa shape index (κ1) is 9.92. The molecule has 2 rings (SSSR count). The summed E-state index contributed by atoms with van der Waals surface area (Å²) in [6, 6.07) is 9.18. The van der Waals surface area contributed by atoms with Crippen LogP contribution in [0.1, 0.15) is 0 Å². The molecule has 0 saturated carbocycles. The minimum atomic E-state index is -0.437. The molecule has 0 aliphatic heterocycles. The fourth-order valence-corrected chi connectivity index (χ4v) is 1.53. The largest absolute Gasteiger partial charge is 0.383 e. The summed E-state index contributed by atoms with van der Waals surface area (Å²) in [4.78, 5) is 17.3. The van der Waals surface area contributed by atoms with Crippen molar-refractivity contribution in [2.45, 2.75) is 0 Å². The second kappa shape index (κ2) is 3.86. The molecule has 0 aliphatic carbocycles. The summed E-state index contributed by atoms with van der Waals surface area (Å²) in [6.45, 7) is 0. The van der Waals surface area contributed by atoms with Gasteiger partial charge in [0.1, 0.15) is 5.82 Å². The van der Waals surface area contributed by atoms with Gasteiger partial charge in [0.25, 0.3) is 0 Å². The molecule has 0 saturated heterocycles. The molecule has 1 aromatic carbocycles. The van der Waals surface area contributed by atoms with Crippen LogP contribution in [0.2, 0.25) is 0 Å². The highest BCUT2D eigenvalue weighted by Gasteiger charge is 2.00. The van der Waals surface area contributed by atoms with Crippen LogP contribution in [-0.2, 0) is 0 Å². The van der Waals surface area contributed by atoms with Gasteiger partial charge in [0.05, 0.1) is 5.69 Å². The number of nitrogens with two attached hydrogens (primary N) is 1. The molecule has 1 aromatic heterocycles. The molecular weight excluding hydrogens is 258 g/mol. The van der Waals surface area contributed by atoms with E-state index < -0.39 is 5.69 Å². The number of hydrogen-bond acceptors (Lipinski definition) is 3. The third-order valence-electron chi connectivity index (χ3n) is 1.92. The number of halogens is 1. The molecule has 0 atom stereocenters. The Morgan fingerprint density at radius 3 is 2.53 bits per heavy atom. The van der Waals surface area contributed by atoms with Gasteiger partial charge in [-0.3, -0.25) is 0 Å². The molecule has 15 heavy (non-hydrogen) atoms. The van der Waals surface area contributed by atoms with E-state index >= 15 is 0 Å². The third-order valence-corrected chi connectivity index (χ3v) is 2.45. The quantitative estimate of drug-likeness (QED) is 0.826. The van der Waals surface area contributed by atoms with Gasteiger partial charge in [-0.1, -0.05) is 28.1 Å². The lowest BCUT2D eigenvalue weighted by Gasteiger charge is -2.01.